The van der Waals surface area contributed by atoms with Gasteiger partial charge in [-0.25, -0.2) is 0 Å². The summed E-state index contributed by atoms with van der Waals surface area (Å²) in [5.41, 5.74) is 0. The molecular weight excluding hydrogens is 183 g/mol. The maximum Gasteiger partial charge on any atom is 0.229 e. The monoisotopic (exact) mass is 198 g/mol. The molecule has 0 saturated heterocycles. The second-order valence-corrected chi connectivity index (χ2v) is 5.48. The predicted octanol–water partition coefficient (Wildman–Crippen LogP) is 2.65. The van der Waals surface area contributed by atoms with E-state index >= 15 is 0 Å². The Morgan fingerprint density at radius 2 is 1.92 bits per heavy atom. The Hall–Kier alpha value is -0.590. The SMILES string of the molecule is CCCOP(C)(=O)c1ccccc1. The lowest BCUT2D eigenvalue weighted by Gasteiger charge is -2.12. The molecule has 3 heteroatoms. The minimum absolute atomic E-state index is 0.558. The average Bonchev–Trinajstić information content (AvgIpc) is 2.16. The minimum atomic E-state index is -2.56. The van der Waals surface area contributed by atoms with Gasteiger partial charge in [-0.1, -0.05) is 25.1 Å². The van der Waals surface area contributed by atoms with Crippen molar-refractivity contribution in [3.63, 3.8) is 0 Å². The van der Waals surface area contributed by atoms with Crippen molar-refractivity contribution in [3.8, 4) is 0 Å². The number of hydrogen-bond acceptors (Lipinski definition) is 2. The Morgan fingerprint density at radius 1 is 1.31 bits per heavy atom. The molecule has 0 aliphatic rings. The number of hydrogen-bond donors (Lipinski definition) is 0. The van der Waals surface area contributed by atoms with Crippen molar-refractivity contribution < 1.29 is 9.09 Å². The van der Waals surface area contributed by atoms with Crippen molar-refractivity contribution in [1.29, 1.82) is 0 Å². The standard InChI is InChI=1S/C10H15O2P/c1-3-9-12-13(2,11)10-7-5-4-6-8-10/h4-8H,3,9H2,1-2H3. The normalized spacial score (nSPS) is 15.2. The highest BCUT2D eigenvalue weighted by molar-refractivity contribution is 7.66. The summed E-state index contributed by atoms with van der Waals surface area (Å²) < 4.78 is 17.3. The summed E-state index contributed by atoms with van der Waals surface area (Å²) in [6.07, 6.45) is 0.894. The molecule has 0 radical (unpaired) electrons. The molecule has 0 aliphatic carbocycles. The van der Waals surface area contributed by atoms with Crippen molar-refractivity contribution in [2.45, 2.75) is 13.3 Å². The maximum absolute atomic E-state index is 12.0. The van der Waals surface area contributed by atoms with Crippen molar-refractivity contribution in [3.05, 3.63) is 30.3 Å². The van der Waals surface area contributed by atoms with Crippen LogP contribution in [0.15, 0.2) is 30.3 Å². The van der Waals surface area contributed by atoms with Gasteiger partial charge in [-0.15, -0.1) is 0 Å². The lowest BCUT2D eigenvalue weighted by atomic mass is 10.4. The molecule has 0 aromatic heterocycles. The lowest BCUT2D eigenvalue weighted by Crippen LogP contribution is -2.06. The van der Waals surface area contributed by atoms with Gasteiger partial charge in [0.15, 0.2) is 0 Å². The molecule has 2 nitrogen and oxygen atoms in total. The third kappa shape index (κ3) is 2.98. The fraction of sp³-hybridized carbons (Fsp3) is 0.400. The Labute approximate surface area is 79.4 Å². The Kier molecular flexibility index (Phi) is 3.71. The molecular formula is C10H15O2P. The highest BCUT2D eigenvalue weighted by atomic mass is 31.2. The third-order valence-corrected chi connectivity index (χ3v) is 3.68. The largest absolute Gasteiger partial charge is 0.325 e. The molecule has 0 bridgehead atoms. The van der Waals surface area contributed by atoms with Crippen molar-refractivity contribution in [2.24, 2.45) is 0 Å². The molecule has 0 fully saturated rings. The first-order valence-corrected chi connectivity index (χ1v) is 6.51. The molecule has 0 N–H and O–H groups in total. The van der Waals surface area contributed by atoms with Gasteiger partial charge in [-0.2, -0.15) is 0 Å². The van der Waals surface area contributed by atoms with Crippen LogP contribution in [0.1, 0.15) is 13.3 Å². The molecule has 0 aliphatic heterocycles. The first-order valence-electron chi connectivity index (χ1n) is 4.44. The Balaban J connectivity index is 2.76. The van der Waals surface area contributed by atoms with E-state index in [9.17, 15) is 4.57 Å². The van der Waals surface area contributed by atoms with Gasteiger partial charge in [0.1, 0.15) is 0 Å². The average molecular weight is 198 g/mol. The van der Waals surface area contributed by atoms with Gasteiger partial charge in [0.25, 0.3) is 0 Å². The molecule has 1 aromatic rings. The highest BCUT2D eigenvalue weighted by Gasteiger charge is 2.17. The minimum Gasteiger partial charge on any atom is -0.325 e. The van der Waals surface area contributed by atoms with E-state index in [2.05, 4.69) is 0 Å². The first-order chi connectivity index (χ1) is 6.17. The zero-order valence-corrected chi connectivity index (χ0v) is 8.96. The Bertz CT molecular complexity index is 295. The summed E-state index contributed by atoms with van der Waals surface area (Å²) in [7, 11) is -2.56. The quantitative estimate of drug-likeness (QED) is 0.695. The van der Waals surface area contributed by atoms with Crippen LogP contribution in [0.2, 0.25) is 0 Å². The number of rotatable bonds is 4. The molecule has 1 aromatic carbocycles. The summed E-state index contributed by atoms with van der Waals surface area (Å²) in [6.45, 7) is 4.23. The molecule has 0 amide bonds. The van der Waals surface area contributed by atoms with Gasteiger partial charge < -0.3 is 4.52 Å². The molecule has 72 valence electrons. The van der Waals surface area contributed by atoms with E-state index < -0.39 is 7.37 Å². The van der Waals surface area contributed by atoms with Gasteiger partial charge in [0.2, 0.25) is 7.37 Å². The van der Waals surface area contributed by atoms with E-state index in [1.54, 1.807) is 6.66 Å². The van der Waals surface area contributed by atoms with Crippen LogP contribution < -0.4 is 5.30 Å². The highest BCUT2D eigenvalue weighted by Crippen LogP contribution is 2.40. The topological polar surface area (TPSA) is 26.3 Å². The van der Waals surface area contributed by atoms with Crippen molar-refractivity contribution >= 4 is 12.7 Å². The predicted molar refractivity (Wildman–Crippen MR) is 55.8 cm³/mol. The summed E-state index contributed by atoms with van der Waals surface area (Å²) in [4.78, 5) is 0. The maximum atomic E-state index is 12.0. The van der Waals surface area contributed by atoms with Crippen molar-refractivity contribution in [2.75, 3.05) is 13.3 Å². The van der Waals surface area contributed by atoms with Gasteiger partial charge >= 0.3 is 0 Å². The van der Waals surface area contributed by atoms with Crippen LogP contribution in [0.5, 0.6) is 0 Å². The molecule has 0 spiro atoms. The molecule has 0 heterocycles. The summed E-state index contributed by atoms with van der Waals surface area (Å²) in [5, 5.41) is 0.795. The van der Waals surface area contributed by atoms with Crippen molar-refractivity contribution in [1.82, 2.24) is 0 Å². The second kappa shape index (κ2) is 4.59. The van der Waals surface area contributed by atoms with Crippen LogP contribution in [-0.4, -0.2) is 13.3 Å². The van der Waals surface area contributed by atoms with Crippen LogP contribution in [0.25, 0.3) is 0 Å². The van der Waals surface area contributed by atoms with Crippen LogP contribution in [0.3, 0.4) is 0 Å². The zero-order valence-electron chi connectivity index (χ0n) is 8.06. The van der Waals surface area contributed by atoms with E-state index in [0.29, 0.717) is 6.61 Å². The fourth-order valence-electron chi connectivity index (χ4n) is 1.04. The van der Waals surface area contributed by atoms with Crippen LogP contribution in [-0.2, 0) is 9.09 Å². The second-order valence-electron chi connectivity index (χ2n) is 3.01. The van der Waals surface area contributed by atoms with Gasteiger partial charge in [-0.3, -0.25) is 4.57 Å². The number of benzene rings is 1. The summed E-state index contributed by atoms with van der Waals surface area (Å²) in [5.74, 6) is 0. The Morgan fingerprint density at radius 3 is 2.46 bits per heavy atom. The van der Waals surface area contributed by atoms with E-state index in [4.69, 9.17) is 4.52 Å². The third-order valence-electron chi connectivity index (χ3n) is 1.77. The lowest BCUT2D eigenvalue weighted by molar-refractivity contribution is 0.323. The van der Waals surface area contributed by atoms with Crippen LogP contribution in [0, 0.1) is 0 Å². The fourth-order valence-corrected chi connectivity index (χ4v) is 2.43. The van der Waals surface area contributed by atoms with E-state index in [1.807, 2.05) is 37.3 Å². The molecule has 0 saturated carbocycles. The van der Waals surface area contributed by atoms with Crippen LogP contribution in [0.4, 0.5) is 0 Å². The summed E-state index contributed by atoms with van der Waals surface area (Å²) in [6, 6.07) is 9.35. The van der Waals surface area contributed by atoms with Gasteiger partial charge in [0.05, 0.1) is 6.61 Å². The van der Waals surface area contributed by atoms with E-state index in [1.165, 1.54) is 0 Å². The molecule has 1 atom stereocenters. The molecule has 1 rings (SSSR count). The first kappa shape index (κ1) is 10.5. The van der Waals surface area contributed by atoms with Gasteiger partial charge in [-0.05, 0) is 18.6 Å². The van der Waals surface area contributed by atoms with E-state index in [0.717, 1.165) is 11.7 Å². The summed E-state index contributed by atoms with van der Waals surface area (Å²) >= 11 is 0. The molecule has 13 heavy (non-hydrogen) atoms. The molecule has 1 unspecified atom stereocenters. The van der Waals surface area contributed by atoms with Crippen LogP contribution >= 0.6 is 7.37 Å². The van der Waals surface area contributed by atoms with Gasteiger partial charge in [0, 0.05) is 12.0 Å². The zero-order chi connectivity index (χ0) is 9.73. The van der Waals surface area contributed by atoms with E-state index in [-0.39, 0.29) is 0 Å². The smallest absolute Gasteiger partial charge is 0.229 e.